The summed E-state index contributed by atoms with van der Waals surface area (Å²) in [6, 6.07) is 3.52. The van der Waals surface area contributed by atoms with E-state index >= 15 is 0 Å². The number of benzene rings is 1. The lowest BCUT2D eigenvalue weighted by Crippen LogP contribution is -2.06. The number of amides is 1. The zero-order valence-electron chi connectivity index (χ0n) is 10.9. The van der Waals surface area contributed by atoms with Crippen LogP contribution in [0.2, 0.25) is 0 Å². The third-order valence-corrected chi connectivity index (χ3v) is 2.48. The Bertz CT molecular complexity index is 455. The van der Waals surface area contributed by atoms with Gasteiger partial charge in [-0.3, -0.25) is 4.79 Å². The second kappa shape index (κ2) is 5.95. The Morgan fingerprint density at radius 1 is 1.11 bits per heavy atom. The first kappa shape index (κ1) is 13.9. The summed E-state index contributed by atoms with van der Waals surface area (Å²) in [5, 5.41) is 0. The summed E-state index contributed by atoms with van der Waals surface area (Å²) >= 11 is 0. The number of hydrogen-bond donors (Lipinski definition) is 1. The second-order valence-electron chi connectivity index (χ2n) is 3.64. The number of nitrogens with two attached hydrogens (primary N) is 1. The molecule has 0 heterocycles. The summed E-state index contributed by atoms with van der Waals surface area (Å²) in [6.07, 6.45) is 1.35. The van der Waals surface area contributed by atoms with E-state index in [1.54, 1.807) is 19.1 Å². The van der Waals surface area contributed by atoms with E-state index in [4.69, 9.17) is 19.9 Å². The minimum Gasteiger partial charge on any atom is -0.493 e. The van der Waals surface area contributed by atoms with E-state index in [9.17, 15) is 4.79 Å². The van der Waals surface area contributed by atoms with Crippen LogP contribution < -0.4 is 19.9 Å². The number of methoxy groups -OCH3 is 3. The Balaban J connectivity index is 3.36. The Hall–Kier alpha value is -2.17. The molecule has 0 aliphatic carbocycles. The van der Waals surface area contributed by atoms with Crippen molar-refractivity contribution in [2.75, 3.05) is 21.3 Å². The maximum Gasteiger partial charge on any atom is 0.241 e. The van der Waals surface area contributed by atoms with Crippen LogP contribution in [0.3, 0.4) is 0 Å². The number of carbonyl (C=O) groups is 1. The third kappa shape index (κ3) is 2.94. The van der Waals surface area contributed by atoms with Crippen LogP contribution in [0, 0.1) is 0 Å². The van der Waals surface area contributed by atoms with Gasteiger partial charge in [-0.2, -0.15) is 0 Å². The van der Waals surface area contributed by atoms with Gasteiger partial charge in [0.2, 0.25) is 11.7 Å². The highest BCUT2D eigenvalue weighted by molar-refractivity contribution is 5.94. The van der Waals surface area contributed by atoms with E-state index in [1.165, 1.54) is 27.4 Å². The van der Waals surface area contributed by atoms with Gasteiger partial charge in [-0.25, -0.2) is 0 Å². The molecule has 0 fully saturated rings. The van der Waals surface area contributed by atoms with Crippen LogP contribution >= 0.6 is 0 Å². The van der Waals surface area contributed by atoms with Crippen LogP contribution in [-0.2, 0) is 4.79 Å². The Labute approximate surface area is 106 Å². The van der Waals surface area contributed by atoms with Crippen molar-refractivity contribution in [1.29, 1.82) is 0 Å². The molecule has 0 aliphatic rings. The van der Waals surface area contributed by atoms with Gasteiger partial charge in [0, 0.05) is 6.08 Å². The lowest BCUT2D eigenvalue weighted by Gasteiger charge is -2.14. The molecule has 0 aliphatic heterocycles. The summed E-state index contributed by atoms with van der Waals surface area (Å²) in [5.41, 5.74) is 6.63. The molecule has 1 rings (SSSR count). The van der Waals surface area contributed by atoms with Gasteiger partial charge >= 0.3 is 0 Å². The fourth-order valence-corrected chi connectivity index (χ4v) is 1.61. The first-order valence-corrected chi connectivity index (χ1v) is 5.31. The van der Waals surface area contributed by atoms with E-state index in [0.29, 0.717) is 17.2 Å². The highest BCUT2D eigenvalue weighted by atomic mass is 16.5. The fraction of sp³-hybridized carbons (Fsp3) is 0.308. The zero-order valence-corrected chi connectivity index (χ0v) is 10.9. The van der Waals surface area contributed by atoms with Gasteiger partial charge in [0.15, 0.2) is 11.5 Å². The number of allylic oxidation sites excluding steroid dienone is 1. The van der Waals surface area contributed by atoms with Gasteiger partial charge in [0.05, 0.1) is 21.3 Å². The standard InChI is InChI=1S/C13H17NO4/c1-8(5-12(14)15)9-6-10(16-2)13(18-4)11(7-9)17-3/h5-7H,1-4H3,(H2,14,15)/b8-5+. The lowest BCUT2D eigenvalue weighted by atomic mass is 10.1. The maximum atomic E-state index is 10.9. The van der Waals surface area contributed by atoms with Crippen molar-refractivity contribution in [2.45, 2.75) is 6.92 Å². The first-order valence-electron chi connectivity index (χ1n) is 5.31. The molecule has 1 aromatic rings. The number of rotatable bonds is 5. The van der Waals surface area contributed by atoms with Gasteiger partial charge in [0.25, 0.3) is 0 Å². The SMILES string of the molecule is COc1cc(/C(C)=C/C(N)=O)cc(OC)c1OC. The van der Waals surface area contributed by atoms with Crippen LogP contribution in [0.25, 0.3) is 5.57 Å². The molecule has 1 amide bonds. The minimum atomic E-state index is -0.499. The normalized spacial score (nSPS) is 11.0. The van der Waals surface area contributed by atoms with E-state index in [2.05, 4.69) is 0 Å². The Kier molecular flexibility index (Phi) is 4.59. The van der Waals surface area contributed by atoms with Crippen molar-refractivity contribution in [1.82, 2.24) is 0 Å². The zero-order chi connectivity index (χ0) is 13.7. The van der Waals surface area contributed by atoms with Crippen molar-refractivity contribution in [3.63, 3.8) is 0 Å². The van der Waals surface area contributed by atoms with Gasteiger partial charge in [-0.1, -0.05) is 0 Å². The molecule has 98 valence electrons. The molecule has 0 saturated carbocycles. The molecule has 5 nitrogen and oxygen atoms in total. The van der Waals surface area contributed by atoms with Crippen LogP contribution in [0.15, 0.2) is 18.2 Å². The van der Waals surface area contributed by atoms with Gasteiger partial charge in [-0.15, -0.1) is 0 Å². The fourth-order valence-electron chi connectivity index (χ4n) is 1.61. The molecule has 1 aromatic carbocycles. The molecule has 18 heavy (non-hydrogen) atoms. The Morgan fingerprint density at radius 3 is 1.94 bits per heavy atom. The molecule has 0 unspecified atom stereocenters. The number of primary amides is 1. The van der Waals surface area contributed by atoms with E-state index in [1.807, 2.05) is 0 Å². The van der Waals surface area contributed by atoms with E-state index in [-0.39, 0.29) is 0 Å². The molecule has 0 radical (unpaired) electrons. The summed E-state index contributed by atoms with van der Waals surface area (Å²) < 4.78 is 15.7. The molecular weight excluding hydrogens is 234 g/mol. The quantitative estimate of drug-likeness (QED) is 0.807. The maximum absolute atomic E-state index is 10.9. The third-order valence-electron chi connectivity index (χ3n) is 2.48. The van der Waals surface area contributed by atoms with Crippen molar-refractivity contribution in [3.8, 4) is 17.2 Å². The van der Waals surface area contributed by atoms with E-state index < -0.39 is 5.91 Å². The molecule has 2 N–H and O–H groups in total. The summed E-state index contributed by atoms with van der Waals surface area (Å²) in [6.45, 7) is 1.78. The van der Waals surface area contributed by atoms with Gasteiger partial charge < -0.3 is 19.9 Å². The predicted molar refractivity (Wildman–Crippen MR) is 68.9 cm³/mol. The molecule has 0 bridgehead atoms. The van der Waals surface area contributed by atoms with Crippen molar-refractivity contribution in [2.24, 2.45) is 5.73 Å². The monoisotopic (exact) mass is 251 g/mol. The van der Waals surface area contributed by atoms with Crippen LogP contribution in [-0.4, -0.2) is 27.2 Å². The second-order valence-corrected chi connectivity index (χ2v) is 3.64. The number of hydrogen-bond acceptors (Lipinski definition) is 4. The van der Waals surface area contributed by atoms with Crippen LogP contribution in [0.1, 0.15) is 12.5 Å². The van der Waals surface area contributed by atoms with Crippen LogP contribution in [0.4, 0.5) is 0 Å². The smallest absolute Gasteiger partial charge is 0.241 e. The predicted octanol–water partition coefficient (Wildman–Crippen LogP) is 1.60. The molecular formula is C13H17NO4. The topological polar surface area (TPSA) is 70.8 Å². The molecule has 0 saturated heterocycles. The van der Waals surface area contributed by atoms with Crippen molar-refractivity contribution >= 4 is 11.5 Å². The van der Waals surface area contributed by atoms with Crippen LogP contribution in [0.5, 0.6) is 17.2 Å². The number of carbonyl (C=O) groups excluding carboxylic acids is 1. The average molecular weight is 251 g/mol. The van der Waals surface area contributed by atoms with E-state index in [0.717, 1.165) is 11.1 Å². The first-order chi connectivity index (χ1) is 8.53. The molecule has 0 atom stereocenters. The molecule has 0 aromatic heterocycles. The lowest BCUT2D eigenvalue weighted by molar-refractivity contribution is -0.113. The summed E-state index contributed by atoms with van der Waals surface area (Å²) in [4.78, 5) is 10.9. The van der Waals surface area contributed by atoms with Gasteiger partial charge in [0.1, 0.15) is 0 Å². The number of ether oxygens (including phenoxy) is 3. The average Bonchev–Trinajstić information content (AvgIpc) is 2.35. The minimum absolute atomic E-state index is 0.499. The molecule has 0 spiro atoms. The van der Waals surface area contributed by atoms with Crippen molar-refractivity contribution < 1.29 is 19.0 Å². The van der Waals surface area contributed by atoms with Gasteiger partial charge in [-0.05, 0) is 30.2 Å². The summed E-state index contributed by atoms with van der Waals surface area (Å²) in [7, 11) is 4.61. The van der Waals surface area contributed by atoms with Crippen molar-refractivity contribution in [3.05, 3.63) is 23.8 Å². The Morgan fingerprint density at radius 2 is 1.61 bits per heavy atom. The highest BCUT2D eigenvalue weighted by Gasteiger charge is 2.13. The largest absolute Gasteiger partial charge is 0.493 e. The molecule has 5 heteroatoms. The summed E-state index contributed by atoms with van der Waals surface area (Å²) in [5.74, 6) is 1.07. The highest BCUT2D eigenvalue weighted by Crippen LogP contribution is 2.39.